The van der Waals surface area contributed by atoms with Crippen LogP contribution >= 0.6 is 0 Å². The normalized spacial score (nSPS) is 36.8. The molecule has 3 fully saturated rings. The molecule has 0 bridgehead atoms. The van der Waals surface area contributed by atoms with Crippen LogP contribution in [0.1, 0.15) is 52.4 Å². The monoisotopic (exact) mass is 309 g/mol. The largest absolute Gasteiger partial charge is 0.378 e. The molecule has 1 heterocycles. The molecule has 0 aromatic heterocycles. The summed E-state index contributed by atoms with van der Waals surface area (Å²) in [5.41, 5.74) is 0.320. The lowest BCUT2D eigenvalue weighted by Gasteiger charge is -2.61. The lowest BCUT2D eigenvalue weighted by atomic mass is 9.51. The zero-order valence-electron chi connectivity index (χ0n) is 14.3. The summed E-state index contributed by atoms with van der Waals surface area (Å²) in [7, 11) is 1.85. The van der Waals surface area contributed by atoms with Gasteiger partial charge in [-0.05, 0) is 46.0 Å². The maximum absolute atomic E-state index is 5.92. The molecular formula is C17H31N3O2. The maximum Gasteiger partial charge on any atom is 0.191 e. The van der Waals surface area contributed by atoms with Crippen molar-refractivity contribution in [1.29, 1.82) is 0 Å². The van der Waals surface area contributed by atoms with Gasteiger partial charge >= 0.3 is 0 Å². The second-order valence-corrected chi connectivity index (χ2v) is 7.29. The van der Waals surface area contributed by atoms with E-state index in [9.17, 15) is 0 Å². The lowest BCUT2D eigenvalue weighted by Crippen LogP contribution is -2.68. The molecule has 126 valence electrons. The fraction of sp³-hybridized carbons (Fsp3) is 0.941. The van der Waals surface area contributed by atoms with Crippen LogP contribution < -0.4 is 10.6 Å². The summed E-state index contributed by atoms with van der Waals surface area (Å²) in [5.74, 6) is 0.906. The van der Waals surface area contributed by atoms with Crippen LogP contribution in [0.3, 0.4) is 0 Å². The summed E-state index contributed by atoms with van der Waals surface area (Å²) in [4.78, 5) is 4.39. The molecule has 2 saturated carbocycles. The van der Waals surface area contributed by atoms with Gasteiger partial charge in [-0.3, -0.25) is 4.99 Å². The number of rotatable bonds is 5. The minimum atomic E-state index is -0.0424. The molecular weight excluding hydrogens is 278 g/mol. The Balaban J connectivity index is 1.51. The smallest absolute Gasteiger partial charge is 0.191 e. The minimum Gasteiger partial charge on any atom is -0.378 e. The molecule has 3 rings (SSSR count). The van der Waals surface area contributed by atoms with Gasteiger partial charge in [0.15, 0.2) is 5.96 Å². The van der Waals surface area contributed by atoms with Crippen LogP contribution in [0, 0.1) is 5.41 Å². The van der Waals surface area contributed by atoms with E-state index in [1.165, 1.54) is 19.3 Å². The lowest BCUT2D eigenvalue weighted by molar-refractivity contribution is -0.168. The Morgan fingerprint density at radius 2 is 2.14 bits per heavy atom. The van der Waals surface area contributed by atoms with E-state index in [-0.39, 0.29) is 5.60 Å². The highest BCUT2D eigenvalue weighted by atomic mass is 16.5. The summed E-state index contributed by atoms with van der Waals surface area (Å²) in [6.45, 7) is 6.80. The van der Waals surface area contributed by atoms with Crippen LogP contribution in [0.2, 0.25) is 0 Å². The number of nitrogens with zero attached hydrogens (tertiary/aromatic N) is 1. The molecule has 3 unspecified atom stereocenters. The van der Waals surface area contributed by atoms with Crippen molar-refractivity contribution in [2.75, 3.05) is 26.8 Å². The van der Waals surface area contributed by atoms with E-state index >= 15 is 0 Å². The zero-order chi connectivity index (χ0) is 15.6. The Morgan fingerprint density at radius 1 is 1.32 bits per heavy atom. The first-order valence-corrected chi connectivity index (χ1v) is 8.85. The fourth-order valence-electron chi connectivity index (χ4n) is 4.25. The van der Waals surface area contributed by atoms with Crippen LogP contribution in [0.15, 0.2) is 4.99 Å². The van der Waals surface area contributed by atoms with E-state index in [0.717, 1.165) is 45.0 Å². The summed E-state index contributed by atoms with van der Waals surface area (Å²) in [6, 6.07) is 0.501. The average Bonchev–Trinajstić information content (AvgIpc) is 2.86. The van der Waals surface area contributed by atoms with Crippen LogP contribution in [0.25, 0.3) is 0 Å². The molecule has 22 heavy (non-hydrogen) atoms. The van der Waals surface area contributed by atoms with Crippen molar-refractivity contribution in [1.82, 2.24) is 10.6 Å². The SMILES string of the molecule is CCOC1CC(NC(=NC)NCC2(C)CCCO2)C12CCC2. The van der Waals surface area contributed by atoms with Crippen LogP contribution in [0.4, 0.5) is 0 Å². The van der Waals surface area contributed by atoms with Gasteiger partial charge in [0.2, 0.25) is 0 Å². The van der Waals surface area contributed by atoms with E-state index < -0.39 is 0 Å². The van der Waals surface area contributed by atoms with Crippen molar-refractivity contribution < 1.29 is 9.47 Å². The minimum absolute atomic E-state index is 0.0424. The number of hydrogen-bond donors (Lipinski definition) is 2. The first-order chi connectivity index (χ1) is 10.6. The highest BCUT2D eigenvalue weighted by molar-refractivity contribution is 5.80. The van der Waals surface area contributed by atoms with Crippen molar-refractivity contribution in [3.63, 3.8) is 0 Å². The van der Waals surface area contributed by atoms with Crippen LogP contribution in [0.5, 0.6) is 0 Å². The Labute approximate surface area is 134 Å². The number of aliphatic imine (C=N–C) groups is 1. The van der Waals surface area contributed by atoms with Crippen molar-refractivity contribution in [3.8, 4) is 0 Å². The molecule has 1 aliphatic heterocycles. The molecule has 3 aliphatic rings. The molecule has 5 nitrogen and oxygen atoms in total. The van der Waals surface area contributed by atoms with Gasteiger partial charge in [-0.25, -0.2) is 0 Å². The zero-order valence-corrected chi connectivity index (χ0v) is 14.3. The van der Waals surface area contributed by atoms with E-state index in [0.29, 0.717) is 17.6 Å². The second kappa shape index (κ2) is 6.36. The van der Waals surface area contributed by atoms with E-state index in [1.807, 2.05) is 7.05 Å². The number of nitrogens with one attached hydrogen (secondary N) is 2. The van der Waals surface area contributed by atoms with Crippen molar-refractivity contribution >= 4 is 5.96 Å². The number of ether oxygens (including phenoxy) is 2. The summed E-state index contributed by atoms with van der Waals surface area (Å²) in [5, 5.41) is 7.09. The first kappa shape index (κ1) is 16.1. The fourth-order valence-corrected chi connectivity index (χ4v) is 4.25. The molecule has 0 radical (unpaired) electrons. The van der Waals surface area contributed by atoms with E-state index in [2.05, 4.69) is 29.5 Å². The topological polar surface area (TPSA) is 54.9 Å². The predicted octanol–water partition coefficient (Wildman–Crippen LogP) is 2.07. The van der Waals surface area contributed by atoms with Gasteiger partial charge in [-0.1, -0.05) is 6.42 Å². The molecule has 1 spiro atoms. The molecule has 0 aromatic carbocycles. The molecule has 1 saturated heterocycles. The van der Waals surface area contributed by atoms with Gasteiger partial charge < -0.3 is 20.1 Å². The van der Waals surface area contributed by atoms with Gasteiger partial charge in [0, 0.05) is 38.3 Å². The standard InChI is InChI=1S/C17H31N3O2/c1-4-21-14-11-13(17(14)8-5-9-17)20-15(18-3)19-12-16(2)7-6-10-22-16/h13-14H,4-12H2,1-3H3,(H2,18,19,20). The van der Waals surface area contributed by atoms with Crippen molar-refractivity contribution in [3.05, 3.63) is 0 Å². The molecule has 3 atom stereocenters. The van der Waals surface area contributed by atoms with Gasteiger partial charge in [0.05, 0.1) is 11.7 Å². The third kappa shape index (κ3) is 2.85. The second-order valence-electron chi connectivity index (χ2n) is 7.29. The van der Waals surface area contributed by atoms with Crippen molar-refractivity contribution in [2.45, 2.75) is 70.1 Å². The number of hydrogen-bond acceptors (Lipinski definition) is 3. The Bertz CT molecular complexity index is 414. The van der Waals surface area contributed by atoms with E-state index in [4.69, 9.17) is 9.47 Å². The quantitative estimate of drug-likeness (QED) is 0.603. The van der Waals surface area contributed by atoms with Crippen molar-refractivity contribution in [2.24, 2.45) is 10.4 Å². The third-order valence-electron chi connectivity index (χ3n) is 5.90. The number of guanidine groups is 1. The van der Waals surface area contributed by atoms with Gasteiger partial charge in [-0.2, -0.15) is 0 Å². The molecule has 5 heteroatoms. The average molecular weight is 309 g/mol. The molecule has 0 amide bonds. The highest BCUT2D eigenvalue weighted by Crippen LogP contribution is 2.57. The summed E-state index contributed by atoms with van der Waals surface area (Å²) in [6.07, 6.45) is 7.72. The molecule has 2 aliphatic carbocycles. The third-order valence-corrected chi connectivity index (χ3v) is 5.90. The Hall–Kier alpha value is -0.810. The first-order valence-electron chi connectivity index (χ1n) is 8.85. The van der Waals surface area contributed by atoms with Crippen LogP contribution in [-0.4, -0.2) is 50.5 Å². The van der Waals surface area contributed by atoms with Gasteiger partial charge in [-0.15, -0.1) is 0 Å². The molecule has 0 aromatic rings. The van der Waals surface area contributed by atoms with E-state index in [1.54, 1.807) is 0 Å². The van der Waals surface area contributed by atoms with Gasteiger partial charge in [0.25, 0.3) is 0 Å². The molecule has 2 N–H and O–H groups in total. The Kier molecular flexibility index (Phi) is 4.64. The maximum atomic E-state index is 5.92. The highest BCUT2D eigenvalue weighted by Gasteiger charge is 2.59. The Morgan fingerprint density at radius 3 is 2.68 bits per heavy atom. The van der Waals surface area contributed by atoms with Gasteiger partial charge in [0.1, 0.15) is 0 Å². The predicted molar refractivity (Wildman–Crippen MR) is 88.2 cm³/mol. The summed E-state index contributed by atoms with van der Waals surface area (Å²) >= 11 is 0. The summed E-state index contributed by atoms with van der Waals surface area (Å²) < 4.78 is 11.8. The van der Waals surface area contributed by atoms with Crippen LogP contribution in [-0.2, 0) is 9.47 Å².